The minimum atomic E-state index is -0.504. The van der Waals surface area contributed by atoms with Crippen LogP contribution >= 0.6 is 15.9 Å². The van der Waals surface area contributed by atoms with Crippen LogP contribution in [0.4, 0.5) is 4.39 Å². The maximum absolute atomic E-state index is 13.6. The molecule has 1 aromatic carbocycles. The largest absolute Gasteiger partial charge is 0.507 e. The molecule has 0 bridgehead atoms. The predicted molar refractivity (Wildman–Crippen MR) is 55.1 cm³/mol. The molecule has 0 fully saturated rings. The number of methoxy groups -OCH3 is 1. The van der Waals surface area contributed by atoms with Gasteiger partial charge < -0.3 is 15.2 Å². The number of phenolic OH excluding ortho intramolecular Hbond substituents is 1. The molecular weight excluding hydrogens is 253 g/mol. The minimum Gasteiger partial charge on any atom is -0.507 e. The lowest BCUT2D eigenvalue weighted by Crippen LogP contribution is -2.08. The van der Waals surface area contributed by atoms with E-state index >= 15 is 0 Å². The summed E-state index contributed by atoms with van der Waals surface area (Å²) >= 11 is 3.06. The number of hydrogen-bond acceptors (Lipinski definition) is 3. The number of benzene rings is 1. The highest BCUT2D eigenvalue weighted by molar-refractivity contribution is 9.10. The van der Waals surface area contributed by atoms with Crippen LogP contribution in [0.1, 0.15) is 5.56 Å². The topological polar surface area (TPSA) is 41.5 Å². The standard InChI is InChI=1S/C9H11BrFNO2/c1-12-4-5-6(13)3-7(14-2)8(10)9(5)11/h3,12-13H,4H2,1-2H3. The third-order valence-corrected chi connectivity index (χ3v) is 2.56. The zero-order valence-corrected chi connectivity index (χ0v) is 9.48. The van der Waals surface area contributed by atoms with E-state index in [2.05, 4.69) is 21.2 Å². The zero-order chi connectivity index (χ0) is 10.7. The summed E-state index contributed by atoms with van der Waals surface area (Å²) in [6, 6.07) is 1.37. The van der Waals surface area contributed by atoms with E-state index in [4.69, 9.17) is 4.74 Å². The molecular formula is C9H11BrFNO2. The molecule has 0 saturated carbocycles. The summed E-state index contributed by atoms with van der Waals surface area (Å²) in [7, 11) is 3.09. The van der Waals surface area contributed by atoms with Crippen LogP contribution in [0.2, 0.25) is 0 Å². The lowest BCUT2D eigenvalue weighted by atomic mass is 10.1. The molecule has 0 spiro atoms. The van der Waals surface area contributed by atoms with Crippen molar-refractivity contribution >= 4 is 15.9 Å². The Kier molecular flexibility index (Phi) is 3.71. The molecule has 78 valence electrons. The molecule has 0 aliphatic rings. The SMILES string of the molecule is CNCc1c(O)cc(OC)c(Br)c1F. The van der Waals surface area contributed by atoms with Crippen molar-refractivity contribution < 1.29 is 14.2 Å². The molecule has 0 aromatic heterocycles. The summed E-state index contributed by atoms with van der Waals surface area (Å²) < 4.78 is 18.7. The van der Waals surface area contributed by atoms with Gasteiger partial charge in [-0.3, -0.25) is 0 Å². The van der Waals surface area contributed by atoms with Crippen molar-refractivity contribution in [3.05, 3.63) is 21.9 Å². The van der Waals surface area contributed by atoms with E-state index in [0.717, 1.165) is 0 Å². The van der Waals surface area contributed by atoms with Gasteiger partial charge in [0.1, 0.15) is 17.3 Å². The van der Waals surface area contributed by atoms with Gasteiger partial charge in [0.15, 0.2) is 0 Å². The summed E-state index contributed by atoms with van der Waals surface area (Å²) in [5.74, 6) is -0.340. The quantitative estimate of drug-likeness (QED) is 0.877. The second-order valence-electron chi connectivity index (χ2n) is 2.73. The molecule has 0 unspecified atom stereocenters. The molecule has 5 heteroatoms. The lowest BCUT2D eigenvalue weighted by Gasteiger charge is -2.10. The Morgan fingerprint density at radius 3 is 2.79 bits per heavy atom. The van der Waals surface area contributed by atoms with E-state index in [0.29, 0.717) is 0 Å². The number of ether oxygens (including phenoxy) is 1. The number of phenols is 1. The molecule has 0 aliphatic carbocycles. The molecule has 14 heavy (non-hydrogen) atoms. The van der Waals surface area contributed by atoms with Gasteiger partial charge in [-0.05, 0) is 23.0 Å². The highest BCUT2D eigenvalue weighted by Crippen LogP contribution is 2.35. The number of hydrogen-bond donors (Lipinski definition) is 2. The van der Waals surface area contributed by atoms with Gasteiger partial charge in [0.2, 0.25) is 0 Å². The van der Waals surface area contributed by atoms with Crippen LogP contribution in [0.15, 0.2) is 10.5 Å². The summed E-state index contributed by atoms with van der Waals surface area (Å²) in [6.45, 7) is 0.264. The molecule has 0 heterocycles. The number of rotatable bonds is 3. The molecule has 1 aromatic rings. The Bertz CT molecular complexity index is 344. The van der Waals surface area contributed by atoms with Crippen LogP contribution in [-0.2, 0) is 6.54 Å². The van der Waals surface area contributed by atoms with Gasteiger partial charge in [-0.1, -0.05) is 0 Å². The molecule has 1 rings (SSSR count). The first-order chi connectivity index (χ1) is 6.61. The van der Waals surface area contributed by atoms with E-state index in [1.54, 1.807) is 7.05 Å². The Morgan fingerprint density at radius 2 is 2.29 bits per heavy atom. The fourth-order valence-corrected chi connectivity index (χ4v) is 1.64. The summed E-state index contributed by atoms with van der Waals surface area (Å²) in [5, 5.41) is 12.2. The van der Waals surface area contributed by atoms with Crippen molar-refractivity contribution in [2.75, 3.05) is 14.2 Å². The van der Waals surface area contributed by atoms with Crippen LogP contribution in [0, 0.1) is 5.82 Å². The van der Waals surface area contributed by atoms with Gasteiger partial charge in [-0.2, -0.15) is 0 Å². The van der Waals surface area contributed by atoms with Gasteiger partial charge >= 0.3 is 0 Å². The van der Waals surface area contributed by atoms with Crippen molar-refractivity contribution in [3.63, 3.8) is 0 Å². The highest BCUT2D eigenvalue weighted by atomic mass is 79.9. The van der Waals surface area contributed by atoms with E-state index < -0.39 is 5.82 Å². The van der Waals surface area contributed by atoms with Gasteiger partial charge in [0, 0.05) is 18.2 Å². The molecule has 0 aliphatic heterocycles. The molecule has 3 nitrogen and oxygen atoms in total. The van der Waals surface area contributed by atoms with Crippen LogP contribution in [0.25, 0.3) is 0 Å². The Hall–Kier alpha value is -0.810. The van der Waals surface area contributed by atoms with Crippen LogP contribution in [-0.4, -0.2) is 19.3 Å². The molecule has 2 N–H and O–H groups in total. The fraction of sp³-hybridized carbons (Fsp3) is 0.333. The average Bonchev–Trinajstić information content (AvgIpc) is 2.18. The highest BCUT2D eigenvalue weighted by Gasteiger charge is 2.15. The monoisotopic (exact) mass is 263 g/mol. The summed E-state index contributed by atoms with van der Waals surface area (Å²) in [5.41, 5.74) is 0.222. The van der Waals surface area contributed by atoms with Gasteiger partial charge in [-0.25, -0.2) is 4.39 Å². The second-order valence-corrected chi connectivity index (χ2v) is 3.53. The fourth-order valence-electron chi connectivity index (χ4n) is 1.12. The Labute approximate surface area is 90.0 Å². The number of nitrogens with one attached hydrogen (secondary N) is 1. The van der Waals surface area contributed by atoms with Gasteiger partial charge in [0.25, 0.3) is 0 Å². The second kappa shape index (κ2) is 4.61. The number of aromatic hydroxyl groups is 1. The Balaban J connectivity index is 3.26. The normalized spacial score (nSPS) is 10.3. The van der Waals surface area contributed by atoms with Gasteiger partial charge in [-0.15, -0.1) is 0 Å². The minimum absolute atomic E-state index is 0.114. The van der Waals surface area contributed by atoms with Crippen LogP contribution in [0.3, 0.4) is 0 Å². The van der Waals surface area contributed by atoms with Crippen LogP contribution in [0.5, 0.6) is 11.5 Å². The van der Waals surface area contributed by atoms with Crippen molar-refractivity contribution in [1.29, 1.82) is 0 Å². The molecule has 0 radical (unpaired) electrons. The third kappa shape index (κ3) is 1.99. The maximum atomic E-state index is 13.6. The van der Waals surface area contributed by atoms with Crippen molar-refractivity contribution in [1.82, 2.24) is 5.32 Å². The van der Waals surface area contributed by atoms with E-state index in [1.807, 2.05) is 0 Å². The van der Waals surface area contributed by atoms with E-state index in [9.17, 15) is 9.50 Å². The maximum Gasteiger partial charge on any atom is 0.149 e. The van der Waals surface area contributed by atoms with Gasteiger partial charge in [0.05, 0.1) is 11.6 Å². The molecule has 0 saturated heterocycles. The smallest absolute Gasteiger partial charge is 0.149 e. The van der Waals surface area contributed by atoms with Crippen molar-refractivity contribution in [3.8, 4) is 11.5 Å². The lowest BCUT2D eigenvalue weighted by molar-refractivity contribution is 0.395. The summed E-state index contributed by atoms with van der Waals surface area (Å²) in [4.78, 5) is 0. The van der Waals surface area contributed by atoms with Crippen molar-refractivity contribution in [2.45, 2.75) is 6.54 Å². The zero-order valence-electron chi connectivity index (χ0n) is 7.90. The Morgan fingerprint density at radius 1 is 1.64 bits per heavy atom. The van der Waals surface area contributed by atoms with Crippen molar-refractivity contribution in [2.24, 2.45) is 0 Å². The summed E-state index contributed by atoms with van der Waals surface area (Å²) in [6.07, 6.45) is 0. The predicted octanol–water partition coefficient (Wildman–Crippen LogP) is 2.02. The number of halogens is 2. The average molecular weight is 264 g/mol. The van der Waals surface area contributed by atoms with Crippen LogP contribution < -0.4 is 10.1 Å². The molecule has 0 amide bonds. The van der Waals surface area contributed by atoms with E-state index in [1.165, 1.54) is 13.2 Å². The first kappa shape index (κ1) is 11.3. The third-order valence-electron chi connectivity index (χ3n) is 1.82. The van der Waals surface area contributed by atoms with E-state index in [-0.39, 0.29) is 28.1 Å². The first-order valence-electron chi connectivity index (χ1n) is 4.00. The first-order valence-corrected chi connectivity index (χ1v) is 4.79. The molecule has 0 atom stereocenters.